The van der Waals surface area contributed by atoms with Crippen molar-refractivity contribution in [1.82, 2.24) is 0 Å². The van der Waals surface area contributed by atoms with E-state index >= 15 is 0 Å². The number of nitrogens with one attached hydrogen (secondary N) is 1. The molecule has 0 aromatic heterocycles. The van der Waals surface area contributed by atoms with E-state index in [2.05, 4.69) is 36.5 Å². The van der Waals surface area contributed by atoms with Crippen LogP contribution in [0.5, 0.6) is 5.75 Å². The van der Waals surface area contributed by atoms with Crippen molar-refractivity contribution in [1.29, 1.82) is 0 Å². The van der Waals surface area contributed by atoms with Crippen LogP contribution in [0.4, 0.5) is 11.4 Å². The zero-order valence-electron chi connectivity index (χ0n) is 11.9. The summed E-state index contributed by atoms with van der Waals surface area (Å²) >= 11 is 0. The Morgan fingerprint density at radius 2 is 1.90 bits per heavy atom. The first-order valence-electron chi connectivity index (χ1n) is 7.09. The Balaban J connectivity index is 1.89. The summed E-state index contributed by atoms with van der Waals surface area (Å²) in [5, 5.41) is 3.40. The van der Waals surface area contributed by atoms with Crippen molar-refractivity contribution in [3.63, 3.8) is 0 Å². The van der Waals surface area contributed by atoms with Gasteiger partial charge < -0.3 is 15.8 Å². The van der Waals surface area contributed by atoms with Gasteiger partial charge >= 0.3 is 0 Å². The minimum atomic E-state index is 0.687. The van der Waals surface area contributed by atoms with Crippen LogP contribution in [-0.2, 0) is 6.42 Å². The molecule has 3 N–H and O–H groups in total. The number of rotatable bonds is 7. The molecule has 0 atom stereocenters. The summed E-state index contributed by atoms with van der Waals surface area (Å²) in [5.74, 6) is 0.761. The van der Waals surface area contributed by atoms with E-state index in [-0.39, 0.29) is 0 Å². The molecule has 106 valence electrons. The molecule has 0 aliphatic rings. The number of hydrogen-bond acceptors (Lipinski definition) is 3. The molecular weight excluding hydrogens is 248 g/mol. The van der Waals surface area contributed by atoms with Gasteiger partial charge in [0.2, 0.25) is 0 Å². The Labute approximate surface area is 120 Å². The number of nitrogen functional groups attached to an aromatic ring is 1. The minimum absolute atomic E-state index is 0.687. The lowest BCUT2D eigenvalue weighted by Gasteiger charge is -2.11. The molecular formula is C17H22N2O. The monoisotopic (exact) mass is 270 g/mol. The van der Waals surface area contributed by atoms with Gasteiger partial charge in [0.15, 0.2) is 0 Å². The van der Waals surface area contributed by atoms with Crippen molar-refractivity contribution < 1.29 is 4.74 Å². The van der Waals surface area contributed by atoms with Crippen molar-refractivity contribution in [2.75, 3.05) is 24.2 Å². The third-order valence-electron chi connectivity index (χ3n) is 3.06. The highest BCUT2D eigenvalue weighted by molar-refractivity contribution is 5.61. The van der Waals surface area contributed by atoms with E-state index in [1.54, 1.807) is 0 Å². The molecule has 0 fully saturated rings. The van der Waals surface area contributed by atoms with Crippen LogP contribution in [0.15, 0.2) is 48.5 Å². The lowest BCUT2D eigenvalue weighted by atomic mass is 10.1. The highest BCUT2D eigenvalue weighted by Gasteiger charge is 2.02. The van der Waals surface area contributed by atoms with Gasteiger partial charge in [-0.1, -0.05) is 37.3 Å². The van der Waals surface area contributed by atoms with Crippen molar-refractivity contribution in [3.8, 4) is 5.75 Å². The molecule has 20 heavy (non-hydrogen) atoms. The minimum Gasteiger partial charge on any atom is -0.491 e. The van der Waals surface area contributed by atoms with Crippen LogP contribution in [0, 0.1) is 0 Å². The van der Waals surface area contributed by atoms with Crippen molar-refractivity contribution in [2.24, 2.45) is 0 Å². The topological polar surface area (TPSA) is 47.3 Å². The quantitative estimate of drug-likeness (QED) is 0.754. The number of nitrogens with two attached hydrogens (primary N) is 1. The van der Waals surface area contributed by atoms with Crippen LogP contribution in [0.2, 0.25) is 0 Å². The summed E-state index contributed by atoms with van der Waals surface area (Å²) in [5.41, 5.74) is 8.96. The lowest BCUT2D eigenvalue weighted by Crippen LogP contribution is -2.06. The van der Waals surface area contributed by atoms with Crippen LogP contribution in [0.3, 0.4) is 0 Å². The third kappa shape index (κ3) is 4.19. The number of hydrogen-bond donors (Lipinski definition) is 2. The SMILES string of the molecule is CCCOc1cc(NCCc2ccccc2)ccc1N. The van der Waals surface area contributed by atoms with Crippen LogP contribution >= 0.6 is 0 Å². The van der Waals surface area contributed by atoms with Gasteiger partial charge in [-0.15, -0.1) is 0 Å². The normalized spacial score (nSPS) is 10.2. The molecule has 3 heteroatoms. The van der Waals surface area contributed by atoms with Crippen molar-refractivity contribution >= 4 is 11.4 Å². The van der Waals surface area contributed by atoms with Crippen LogP contribution in [0.25, 0.3) is 0 Å². The molecule has 0 aliphatic carbocycles. The maximum absolute atomic E-state index is 5.90. The Kier molecular flexibility index (Phi) is 5.30. The summed E-state index contributed by atoms with van der Waals surface area (Å²) < 4.78 is 5.63. The second kappa shape index (κ2) is 7.43. The van der Waals surface area contributed by atoms with Crippen molar-refractivity contribution in [2.45, 2.75) is 19.8 Å². The van der Waals surface area contributed by atoms with E-state index in [1.165, 1.54) is 5.56 Å². The second-order valence-corrected chi connectivity index (χ2v) is 4.76. The van der Waals surface area contributed by atoms with Crippen LogP contribution in [-0.4, -0.2) is 13.2 Å². The largest absolute Gasteiger partial charge is 0.491 e. The fourth-order valence-electron chi connectivity index (χ4n) is 1.98. The van der Waals surface area contributed by atoms with Crippen molar-refractivity contribution in [3.05, 3.63) is 54.1 Å². The maximum atomic E-state index is 5.90. The standard InChI is InChI=1S/C17H22N2O/c1-2-12-20-17-13-15(8-9-16(17)18)19-11-10-14-6-4-3-5-7-14/h3-9,13,19H,2,10-12,18H2,1H3. The predicted octanol–water partition coefficient (Wildman–Crippen LogP) is 3.71. The Morgan fingerprint density at radius 3 is 2.65 bits per heavy atom. The molecule has 0 radical (unpaired) electrons. The van der Waals surface area contributed by atoms with E-state index in [1.807, 2.05) is 24.3 Å². The molecule has 0 bridgehead atoms. The molecule has 0 amide bonds. The molecule has 0 unspecified atom stereocenters. The molecule has 2 rings (SSSR count). The van der Waals surface area contributed by atoms with E-state index in [0.29, 0.717) is 12.3 Å². The summed E-state index contributed by atoms with van der Waals surface area (Å²) in [6.45, 7) is 3.66. The second-order valence-electron chi connectivity index (χ2n) is 4.76. The number of benzene rings is 2. The molecule has 0 saturated carbocycles. The predicted molar refractivity (Wildman–Crippen MR) is 85.3 cm³/mol. The fourth-order valence-corrected chi connectivity index (χ4v) is 1.98. The average Bonchev–Trinajstić information content (AvgIpc) is 2.49. The van der Waals surface area contributed by atoms with Gasteiger partial charge in [-0.25, -0.2) is 0 Å². The summed E-state index contributed by atoms with van der Waals surface area (Å²) in [4.78, 5) is 0. The Hall–Kier alpha value is -2.16. The molecule has 0 aliphatic heterocycles. The van der Waals surface area contributed by atoms with Gasteiger partial charge in [0.25, 0.3) is 0 Å². The van der Waals surface area contributed by atoms with Gasteiger partial charge in [0.1, 0.15) is 5.75 Å². The smallest absolute Gasteiger partial charge is 0.144 e. The summed E-state index contributed by atoms with van der Waals surface area (Å²) in [6.07, 6.45) is 1.97. The first-order valence-corrected chi connectivity index (χ1v) is 7.09. The van der Waals surface area contributed by atoms with Gasteiger partial charge in [0, 0.05) is 18.3 Å². The van der Waals surface area contributed by atoms with E-state index in [0.717, 1.165) is 30.8 Å². The van der Waals surface area contributed by atoms with Gasteiger partial charge in [-0.05, 0) is 30.5 Å². The van der Waals surface area contributed by atoms with Gasteiger partial charge in [-0.2, -0.15) is 0 Å². The molecule has 2 aromatic carbocycles. The molecule has 2 aromatic rings. The van der Waals surface area contributed by atoms with Gasteiger partial charge in [0.05, 0.1) is 12.3 Å². The van der Waals surface area contributed by atoms with Crippen LogP contribution in [0.1, 0.15) is 18.9 Å². The first-order chi connectivity index (χ1) is 9.79. The molecule has 0 spiro atoms. The average molecular weight is 270 g/mol. The van der Waals surface area contributed by atoms with E-state index in [4.69, 9.17) is 10.5 Å². The fraction of sp³-hybridized carbons (Fsp3) is 0.294. The number of anilines is 2. The van der Waals surface area contributed by atoms with E-state index < -0.39 is 0 Å². The van der Waals surface area contributed by atoms with Gasteiger partial charge in [-0.3, -0.25) is 0 Å². The molecule has 3 nitrogen and oxygen atoms in total. The van der Waals surface area contributed by atoms with E-state index in [9.17, 15) is 0 Å². The maximum Gasteiger partial charge on any atom is 0.144 e. The lowest BCUT2D eigenvalue weighted by molar-refractivity contribution is 0.319. The third-order valence-corrected chi connectivity index (χ3v) is 3.06. The molecule has 0 saturated heterocycles. The number of ether oxygens (including phenoxy) is 1. The zero-order chi connectivity index (χ0) is 14.2. The Morgan fingerprint density at radius 1 is 1.10 bits per heavy atom. The summed E-state index contributed by atoms with van der Waals surface area (Å²) in [7, 11) is 0. The highest BCUT2D eigenvalue weighted by atomic mass is 16.5. The van der Waals surface area contributed by atoms with Crippen LogP contribution < -0.4 is 15.8 Å². The highest BCUT2D eigenvalue weighted by Crippen LogP contribution is 2.25. The first kappa shape index (κ1) is 14.3. The Bertz CT molecular complexity index is 526. The summed E-state index contributed by atoms with van der Waals surface area (Å²) in [6, 6.07) is 16.3. The zero-order valence-corrected chi connectivity index (χ0v) is 11.9. The molecule has 0 heterocycles.